The molecule has 2 aliphatic rings. The number of hydrogen-bond donors (Lipinski definition) is 1. The molecule has 0 spiro atoms. The molecule has 0 radical (unpaired) electrons. The molecule has 3 heterocycles. The Morgan fingerprint density at radius 2 is 1.92 bits per heavy atom. The molecule has 5 heteroatoms. The zero-order valence-electron chi connectivity index (χ0n) is 14.3. The van der Waals surface area contributed by atoms with E-state index in [4.69, 9.17) is 0 Å². The third-order valence-electron chi connectivity index (χ3n) is 5.21. The summed E-state index contributed by atoms with van der Waals surface area (Å²) in [7, 11) is 0. The van der Waals surface area contributed by atoms with Crippen LogP contribution in [0.25, 0.3) is 0 Å². The molecule has 3 atom stereocenters. The van der Waals surface area contributed by atoms with Gasteiger partial charge in [0.1, 0.15) is 0 Å². The van der Waals surface area contributed by atoms with Gasteiger partial charge < -0.3 is 9.67 Å². The minimum absolute atomic E-state index is 0.125. The van der Waals surface area contributed by atoms with Gasteiger partial charge in [-0.05, 0) is 30.5 Å². The van der Waals surface area contributed by atoms with Crippen LogP contribution < -0.4 is 5.56 Å². The van der Waals surface area contributed by atoms with Gasteiger partial charge in [0, 0.05) is 54.5 Å². The van der Waals surface area contributed by atoms with Crippen LogP contribution in [0.1, 0.15) is 18.0 Å². The first-order valence-corrected chi connectivity index (χ1v) is 9.95. The molecule has 2 aromatic rings. The number of aliphatic hydroxyl groups excluding tert-OH is 1. The Balaban J connectivity index is 1.36. The molecular formula is C20H24N2O2S. The van der Waals surface area contributed by atoms with Crippen LogP contribution in [0, 0.1) is 5.92 Å². The molecule has 0 saturated carbocycles. The molecule has 0 amide bonds. The Morgan fingerprint density at radius 1 is 1.08 bits per heavy atom. The molecule has 1 fully saturated rings. The van der Waals surface area contributed by atoms with Crippen molar-refractivity contribution in [2.75, 3.05) is 25.4 Å². The fraction of sp³-hybridized carbons (Fsp3) is 0.450. The molecule has 0 aliphatic carbocycles. The number of aliphatic hydroxyl groups is 1. The van der Waals surface area contributed by atoms with Crippen molar-refractivity contribution in [1.82, 2.24) is 9.47 Å². The summed E-state index contributed by atoms with van der Waals surface area (Å²) >= 11 is 1.71. The highest BCUT2D eigenvalue weighted by atomic mass is 32.2. The van der Waals surface area contributed by atoms with Crippen molar-refractivity contribution in [2.24, 2.45) is 5.92 Å². The summed E-state index contributed by atoms with van der Waals surface area (Å²) in [5.74, 6) is 1.64. The summed E-state index contributed by atoms with van der Waals surface area (Å²) in [5.41, 5.74) is 1.29. The maximum atomic E-state index is 12.1. The van der Waals surface area contributed by atoms with E-state index in [1.807, 2.05) is 28.8 Å². The van der Waals surface area contributed by atoms with E-state index >= 15 is 0 Å². The summed E-state index contributed by atoms with van der Waals surface area (Å²) in [6.07, 6.45) is 0.830. The van der Waals surface area contributed by atoms with Crippen LogP contribution >= 0.6 is 11.8 Å². The third kappa shape index (κ3) is 3.84. The van der Waals surface area contributed by atoms with Gasteiger partial charge >= 0.3 is 0 Å². The van der Waals surface area contributed by atoms with Crippen LogP contribution in [0.4, 0.5) is 0 Å². The number of piperidine rings is 1. The van der Waals surface area contributed by atoms with E-state index in [0.717, 1.165) is 26.1 Å². The number of hydrogen-bond acceptors (Lipinski definition) is 4. The fourth-order valence-electron chi connectivity index (χ4n) is 4.20. The van der Waals surface area contributed by atoms with Gasteiger partial charge in [0.15, 0.2) is 0 Å². The van der Waals surface area contributed by atoms with Gasteiger partial charge in [0.25, 0.3) is 5.56 Å². The van der Waals surface area contributed by atoms with Crippen molar-refractivity contribution in [1.29, 1.82) is 0 Å². The van der Waals surface area contributed by atoms with Crippen molar-refractivity contribution in [3.63, 3.8) is 0 Å². The fourth-order valence-corrected chi connectivity index (χ4v) is 5.04. The second-order valence-corrected chi connectivity index (χ2v) is 8.29. The molecule has 25 heavy (non-hydrogen) atoms. The number of fused-ring (bicyclic) bond motifs is 4. The van der Waals surface area contributed by atoms with Gasteiger partial charge in [-0.25, -0.2) is 0 Å². The lowest BCUT2D eigenvalue weighted by Crippen LogP contribution is -2.49. The normalized spacial score (nSPS) is 23.9. The Bertz CT molecular complexity index is 777. The molecule has 1 unspecified atom stereocenters. The highest BCUT2D eigenvalue weighted by molar-refractivity contribution is 7.99. The zero-order valence-corrected chi connectivity index (χ0v) is 15.1. The number of rotatable bonds is 5. The predicted molar refractivity (Wildman–Crippen MR) is 101 cm³/mol. The standard InChI is InChI=1S/C20H24N2O2S/c23-17(14-25-18-5-2-1-3-6-18)13-21-10-15-9-16(12-21)19-7-4-8-20(24)22(19)11-15/h1-8,15-17,23H,9-14H2/t15-,16+,17?/m0/s1. The molecule has 132 valence electrons. The highest BCUT2D eigenvalue weighted by Crippen LogP contribution is 2.35. The average molecular weight is 356 g/mol. The number of likely N-dealkylation sites (tertiary alicyclic amines) is 1. The van der Waals surface area contributed by atoms with E-state index in [9.17, 15) is 9.90 Å². The van der Waals surface area contributed by atoms with Crippen molar-refractivity contribution < 1.29 is 5.11 Å². The summed E-state index contributed by atoms with van der Waals surface area (Å²) < 4.78 is 1.96. The van der Waals surface area contributed by atoms with Gasteiger partial charge in [-0.2, -0.15) is 0 Å². The second-order valence-electron chi connectivity index (χ2n) is 7.19. The summed E-state index contributed by atoms with van der Waals surface area (Å²) in [6, 6.07) is 15.9. The molecule has 1 N–H and O–H groups in total. The Kier molecular flexibility index (Phi) is 4.97. The largest absolute Gasteiger partial charge is 0.391 e. The smallest absolute Gasteiger partial charge is 0.250 e. The van der Waals surface area contributed by atoms with Gasteiger partial charge in [-0.3, -0.25) is 9.69 Å². The average Bonchev–Trinajstić information content (AvgIpc) is 2.62. The SMILES string of the molecule is O=c1cccc2n1C[C@H]1C[C@@H]2CN(CC(O)CSc2ccccc2)C1. The summed E-state index contributed by atoms with van der Waals surface area (Å²) in [5, 5.41) is 10.4. The van der Waals surface area contributed by atoms with Crippen LogP contribution in [0.5, 0.6) is 0 Å². The van der Waals surface area contributed by atoms with E-state index in [2.05, 4.69) is 23.1 Å². The topological polar surface area (TPSA) is 45.5 Å². The van der Waals surface area contributed by atoms with Gasteiger partial charge in [-0.15, -0.1) is 11.8 Å². The Morgan fingerprint density at radius 3 is 2.76 bits per heavy atom. The lowest BCUT2D eigenvalue weighted by molar-refractivity contribution is 0.0717. The van der Waals surface area contributed by atoms with E-state index in [0.29, 0.717) is 24.1 Å². The number of thioether (sulfide) groups is 1. The molecule has 4 rings (SSSR count). The first kappa shape index (κ1) is 16.9. The van der Waals surface area contributed by atoms with Crippen LogP contribution in [0.3, 0.4) is 0 Å². The number of aromatic nitrogens is 1. The third-order valence-corrected chi connectivity index (χ3v) is 6.37. The molecule has 1 aromatic heterocycles. The molecule has 1 saturated heterocycles. The summed E-state index contributed by atoms with van der Waals surface area (Å²) in [4.78, 5) is 15.7. The van der Waals surface area contributed by atoms with Crippen molar-refractivity contribution in [3.8, 4) is 0 Å². The van der Waals surface area contributed by atoms with E-state index < -0.39 is 0 Å². The van der Waals surface area contributed by atoms with Gasteiger partial charge in [0.2, 0.25) is 0 Å². The monoisotopic (exact) mass is 356 g/mol. The summed E-state index contributed by atoms with van der Waals surface area (Å²) in [6.45, 7) is 3.44. The number of pyridine rings is 1. The maximum absolute atomic E-state index is 12.1. The Labute approximate surface area is 152 Å². The number of β-amino-alcohol motifs (C(OH)–C–C–N with tert-alkyl or cyclic N) is 1. The minimum atomic E-state index is -0.331. The Hall–Kier alpha value is -1.56. The van der Waals surface area contributed by atoms with E-state index in [1.54, 1.807) is 17.8 Å². The van der Waals surface area contributed by atoms with Crippen LogP contribution in [-0.4, -0.2) is 46.1 Å². The predicted octanol–water partition coefficient (Wildman–Crippen LogP) is 2.42. The first-order chi connectivity index (χ1) is 12.2. The lowest BCUT2D eigenvalue weighted by atomic mass is 9.83. The van der Waals surface area contributed by atoms with Crippen molar-refractivity contribution >= 4 is 11.8 Å². The minimum Gasteiger partial charge on any atom is -0.391 e. The van der Waals surface area contributed by atoms with Gasteiger partial charge in [0.05, 0.1) is 6.10 Å². The molecule has 4 nitrogen and oxygen atoms in total. The van der Waals surface area contributed by atoms with Gasteiger partial charge in [-0.1, -0.05) is 24.3 Å². The van der Waals surface area contributed by atoms with Crippen molar-refractivity contribution in [3.05, 3.63) is 64.6 Å². The highest BCUT2D eigenvalue weighted by Gasteiger charge is 2.34. The second kappa shape index (κ2) is 7.36. The first-order valence-electron chi connectivity index (χ1n) is 8.97. The molecule has 2 aliphatic heterocycles. The molecule has 1 aromatic carbocycles. The van der Waals surface area contributed by atoms with Crippen molar-refractivity contribution in [2.45, 2.75) is 29.9 Å². The van der Waals surface area contributed by atoms with Crippen LogP contribution in [-0.2, 0) is 6.54 Å². The maximum Gasteiger partial charge on any atom is 0.250 e. The quantitative estimate of drug-likeness (QED) is 0.836. The molecule has 2 bridgehead atoms. The van der Waals surface area contributed by atoms with E-state index in [-0.39, 0.29) is 11.7 Å². The lowest BCUT2D eigenvalue weighted by Gasteiger charge is -2.43. The van der Waals surface area contributed by atoms with Crippen LogP contribution in [0.15, 0.2) is 58.2 Å². The number of benzene rings is 1. The zero-order chi connectivity index (χ0) is 17.2. The van der Waals surface area contributed by atoms with Crippen LogP contribution in [0.2, 0.25) is 0 Å². The molecular weight excluding hydrogens is 332 g/mol. The van der Waals surface area contributed by atoms with E-state index in [1.165, 1.54) is 10.6 Å². The number of nitrogens with zero attached hydrogens (tertiary/aromatic N) is 2.